The maximum absolute atomic E-state index is 11.9. The largest absolute Gasteiger partial charge is 0.497 e. The van der Waals surface area contributed by atoms with E-state index in [1.807, 2.05) is 53.4 Å². The van der Waals surface area contributed by atoms with E-state index >= 15 is 0 Å². The normalized spacial score (nSPS) is 17.1. The topological polar surface area (TPSA) is 97.7 Å². The Morgan fingerprint density at radius 3 is 2.36 bits per heavy atom. The zero-order valence-corrected chi connectivity index (χ0v) is 23.6. The van der Waals surface area contributed by atoms with Gasteiger partial charge in [-0.3, -0.25) is 9.71 Å². The number of hydrogen-bond donors (Lipinski definition) is 2. The van der Waals surface area contributed by atoms with Gasteiger partial charge in [0.15, 0.2) is 5.11 Å². The first-order valence-corrected chi connectivity index (χ1v) is 14.5. The van der Waals surface area contributed by atoms with Crippen LogP contribution in [0.5, 0.6) is 11.5 Å². The molecule has 9 nitrogen and oxygen atoms in total. The molecule has 1 saturated heterocycles. The van der Waals surface area contributed by atoms with Gasteiger partial charge in [-0.25, -0.2) is 8.42 Å². The van der Waals surface area contributed by atoms with E-state index in [2.05, 4.69) is 38.6 Å². The molecule has 0 amide bonds. The van der Waals surface area contributed by atoms with Crippen molar-refractivity contribution in [2.75, 3.05) is 30.1 Å². The molecular formula is C28H29N5O4S2. The Hall–Kier alpha value is -4.09. The molecule has 2 N–H and O–H groups in total. The summed E-state index contributed by atoms with van der Waals surface area (Å²) in [7, 11) is -0.347. The van der Waals surface area contributed by atoms with E-state index in [1.165, 1.54) is 7.11 Å². The number of hydrogen-bond acceptors (Lipinski definition) is 6. The Labute approximate surface area is 233 Å². The number of pyridine rings is 1. The van der Waals surface area contributed by atoms with Gasteiger partial charge in [-0.2, -0.15) is 0 Å². The zero-order chi connectivity index (χ0) is 27.7. The van der Waals surface area contributed by atoms with Crippen molar-refractivity contribution in [1.82, 2.24) is 14.9 Å². The van der Waals surface area contributed by atoms with Crippen LogP contribution in [-0.4, -0.2) is 43.6 Å². The number of thiocarbonyl (C=S) groups is 1. The molecule has 0 spiro atoms. The van der Waals surface area contributed by atoms with Crippen LogP contribution < -0.4 is 24.4 Å². The van der Waals surface area contributed by atoms with Crippen molar-refractivity contribution in [3.8, 4) is 17.2 Å². The summed E-state index contributed by atoms with van der Waals surface area (Å²) >= 11 is 5.89. The summed E-state index contributed by atoms with van der Waals surface area (Å²) in [5.41, 5.74) is 4.96. The molecule has 0 unspecified atom stereocenters. The Balaban J connectivity index is 1.66. The van der Waals surface area contributed by atoms with Gasteiger partial charge in [-0.1, -0.05) is 6.07 Å². The van der Waals surface area contributed by atoms with Gasteiger partial charge in [0.05, 0.1) is 37.9 Å². The predicted molar refractivity (Wildman–Crippen MR) is 156 cm³/mol. The molecule has 202 valence electrons. The van der Waals surface area contributed by atoms with E-state index in [0.29, 0.717) is 16.5 Å². The van der Waals surface area contributed by atoms with Gasteiger partial charge in [0.2, 0.25) is 10.0 Å². The number of aryl methyl sites for hydroxylation is 1. The summed E-state index contributed by atoms with van der Waals surface area (Å²) < 4.78 is 39.4. The summed E-state index contributed by atoms with van der Waals surface area (Å²) in [6, 6.07) is 22.6. The Morgan fingerprint density at radius 2 is 1.72 bits per heavy atom. The number of nitrogens with zero attached hydrogens (tertiary/aromatic N) is 3. The minimum absolute atomic E-state index is 0.259. The smallest absolute Gasteiger partial charge is 0.229 e. The quantitative estimate of drug-likeness (QED) is 0.297. The Kier molecular flexibility index (Phi) is 7.19. The van der Waals surface area contributed by atoms with E-state index in [1.54, 1.807) is 25.4 Å². The van der Waals surface area contributed by atoms with Crippen LogP contribution in [0.4, 0.5) is 11.4 Å². The number of benzene rings is 2. The van der Waals surface area contributed by atoms with E-state index in [4.69, 9.17) is 21.7 Å². The van der Waals surface area contributed by atoms with Crippen molar-refractivity contribution in [3.63, 3.8) is 0 Å². The SMILES string of the molecule is COc1ccc(-n2c(C)ccc2[C@H]2[C@H](c3ccccn3)NC(=S)N2c2ccc(NS(C)(=O)=O)c(OC)c2)cc1. The van der Waals surface area contributed by atoms with Crippen molar-refractivity contribution in [3.05, 3.63) is 96.1 Å². The molecule has 39 heavy (non-hydrogen) atoms. The molecule has 2 atom stereocenters. The molecule has 0 bridgehead atoms. The van der Waals surface area contributed by atoms with Gasteiger partial charge in [0, 0.05) is 35.0 Å². The van der Waals surface area contributed by atoms with Crippen molar-refractivity contribution in [2.45, 2.75) is 19.0 Å². The third-order valence-electron chi connectivity index (χ3n) is 6.60. The number of nitrogens with one attached hydrogen (secondary N) is 2. The lowest BCUT2D eigenvalue weighted by Crippen LogP contribution is -2.30. The maximum atomic E-state index is 11.9. The molecule has 2 aromatic heterocycles. The van der Waals surface area contributed by atoms with Crippen LogP contribution >= 0.6 is 12.2 Å². The van der Waals surface area contributed by atoms with Gasteiger partial charge in [0.1, 0.15) is 17.5 Å². The lowest BCUT2D eigenvalue weighted by molar-refractivity contribution is 0.414. The molecule has 0 aliphatic carbocycles. The average Bonchev–Trinajstić information content (AvgIpc) is 3.47. The standard InChI is InChI=1S/C28H29N5O4S2/c1-18-8-15-24(32(18)19-9-12-21(36-2)13-10-19)27-26(23-7-5-6-16-29-23)30-28(38)33(27)20-11-14-22(25(17-20)37-3)31-39(4,34)35/h5-17,26-27,31H,1-4H3,(H,30,38)/t26-,27-/m0/s1. The Morgan fingerprint density at radius 1 is 0.974 bits per heavy atom. The van der Waals surface area contributed by atoms with E-state index in [9.17, 15) is 8.42 Å². The lowest BCUT2D eigenvalue weighted by Gasteiger charge is -2.30. The molecule has 0 saturated carbocycles. The monoisotopic (exact) mass is 563 g/mol. The fourth-order valence-corrected chi connectivity index (χ4v) is 5.83. The molecule has 0 radical (unpaired) electrons. The molecule has 3 heterocycles. The van der Waals surface area contributed by atoms with Crippen LogP contribution in [0, 0.1) is 6.92 Å². The van der Waals surface area contributed by atoms with E-state index < -0.39 is 10.0 Å². The highest BCUT2D eigenvalue weighted by Gasteiger charge is 2.42. The number of rotatable bonds is 8. The first-order valence-electron chi connectivity index (χ1n) is 12.2. The first kappa shape index (κ1) is 26.5. The average molecular weight is 564 g/mol. The number of sulfonamides is 1. The van der Waals surface area contributed by atoms with Crippen LogP contribution in [0.3, 0.4) is 0 Å². The van der Waals surface area contributed by atoms with Gasteiger partial charge in [-0.05, 0) is 79.8 Å². The molecule has 1 aliphatic rings. The minimum Gasteiger partial charge on any atom is -0.497 e. The highest BCUT2D eigenvalue weighted by atomic mass is 32.2. The highest BCUT2D eigenvalue weighted by molar-refractivity contribution is 7.92. The van der Waals surface area contributed by atoms with Gasteiger partial charge in [0.25, 0.3) is 0 Å². The summed E-state index contributed by atoms with van der Waals surface area (Å²) in [5, 5.41) is 3.99. The summed E-state index contributed by atoms with van der Waals surface area (Å²) in [6.45, 7) is 2.06. The van der Waals surface area contributed by atoms with Crippen LogP contribution in [0.1, 0.15) is 29.2 Å². The fourth-order valence-electron chi connectivity index (χ4n) is 4.92. The number of aromatic nitrogens is 2. The van der Waals surface area contributed by atoms with E-state index in [0.717, 1.165) is 40.5 Å². The third kappa shape index (κ3) is 5.27. The van der Waals surface area contributed by atoms with Crippen molar-refractivity contribution in [1.29, 1.82) is 0 Å². The van der Waals surface area contributed by atoms with Crippen LogP contribution in [-0.2, 0) is 10.0 Å². The number of ether oxygens (including phenoxy) is 2. The summed E-state index contributed by atoms with van der Waals surface area (Å²) in [6.07, 6.45) is 2.87. The number of methoxy groups -OCH3 is 2. The molecular weight excluding hydrogens is 534 g/mol. The fraction of sp³-hybridized carbons (Fsp3) is 0.214. The van der Waals surface area contributed by atoms with Crippen molar-refractivity contribution >= 4 is 38.7 Å². The first-order chi connectivity index (χ1) is 18.7. The van der Waals surface area contributed by atoms with Gasteiger partial charge >= 0.3 is 0 Å². The van der Waals surface area contributed by atoms with Crippen molar-refractivity contribution in [2.24, 2.45) is 0 Å². The minimum atomic E-state index is -3.49. The molecule has 1 fully saturated rings. The van der Waals surface area contributed by atoms with Crippen LogP contribution in [0.2, 0.25) is 0 Å². The Bertz CT molecular complexity index is 1600. The molecule has 1 aliphatic heterocycles. The van der Waals surface area contributed by atoms with Gasteiger partial charge < -0.3 is 24.3 Å². The van der Waals surface area contributed by atoms with Gasteiger partial charge in [-0.15, -0.1) is 0 Å². The van der Waals surface area contributed by atoms with Crippen molar-refractivity contribution < 1.29 is 17.9 Å². The second kappa shape index (κ2) is 10.6. The maximum Gasteiger partial charge on any atom is 0.229 e. The number of anilines is 2. The second-order valence-corrected chi connectivity index (χ2v) is 11.3. The summed E-state index contributed by atoms with van der Waals surface area (Å²) in [5.74, 6) is 1.15. The van der Waals surface area contributed by atoms with E-state index in [-0.39, 0.29) is 12.1 Å². The highest BCUT2D eigenvalue weighted by Crippen LogP contribution is 2.44. The van der Waals surface area contributed by atoms with Crippen LogP contribution in [0.25, 0.3) is 5.69 Å². The molecule has 4 aromatic rings. The predicted octanol–water partition coefficient (Wildman–Crippen LogP) is 4.75. The third-order valence-corrected chi connectivity index (χ3v) is 7.50. The molecule has 2 aromatic carbocycles. The lowest BCUT2D eigenvalue weighted by atomic mass is 10.0. The second-order valence-electron chi connectivity index (χ2n) is 9.19. The van der Waals surface area contributed by atoms with Crippen LogP contribution in [0.15, 0.2) is 79.0 Å². The molecule has 11 heteroatoms. The zero-order valence-electron chi connectivity index (χ0n) is 22.0. The summed E-state index contributed by atoms with van der Waals surface area (Å²) in [4.78, 5) is 6.67. The molecule has 5 rings (SSSR count).